The van der Waals surface area contributed by atoms with Crippen molar-refractivity contribution in [3.05, 3.63) is 51.8 Å². The van der Waals surface area contributed by atoms with Gasteiger partial charge >= 0.3 is 5.97 Å². The maximum atomic E-state index is 12.1. The van der Waals surface area contributed by atoms with E-state index in [0.717, 1.165) is 0 Å². The Hall–Kier alpha value is -2.27. The first-order valence-corrected chi connectivity index (χ1v) is 5.74. The molecule has 0 spiro atoms. The lowest BCUT2D eigenvalue weighted by Gasteiger charge is -2.12. The number of carboxylic acids is 1. The van der Waals surface area contributed by atoms with E-state index in [1.54, 1.807) is 0 Å². The van der Waals surface area contributed by atoms with Crippen LogP contribution < -0.4 is 5.56 Å². The quantitative estimate of drug-likeness (QED) is 0.845. The van der Waals surface area contributed by atoms with Crippen LogP contribution in [0.15, 0.2) is 35.6 Å². The minimum atomic E-state index is -1.47. The molecule has 1 aromatic carbocycles. The van der Waals surface area contributed by atoms with Crippen LogP contribution in [-0.4, -0.2) is 20.7 Å². The molecular formula is C13H10ClNO4. The molecule has 6 heteroatoms. The Morgan fingerprint density at radius 3 is 2.74 bits per heavy atom. The van der Waals surface area contributed by atoms with E-state index >= 15 is 0 Å². The van der Waals surface area contributed by atoms with Gasteiger partial charge in [-0.15, -0.1) is 6.58 Å². The minimum Gasteiger partial charge on any atom is -0.506 e. The van der Waals surface area contributed by atoms with Crippen molar-refractivity contribution in [2.75, 3.05) is 0 Å². The SMILES string of the molecule is C=CCn1c(=O)c(C(=O)O)c(O)c2ccc(Cl)cc21. The number of hydrogen-bond donors (Lipinski definition) is 2. The zero-order valence-electron chi connectivity index (χ0n) is 9.76. The van der Waals surface area contributed by atoms with Gasteiger partial charge in [-0.2, -0.15) is 0 Å². The van der Waals surface area contributed by atoms with E-state index in [4.69, 9.17) is 16.7 Å². The van der Waals surface area contributed by atoms with Crippen molar-refractivity contribution in [2.24, 2.45) is 0 Å². The van der Waals surface area contributed by atoms with Crippen molar-refractivity contribution in [1.82, 2.24) is 4.57 Å². The molecule has 0 saturated carbocycles. The van der Waals surface area contributed by atoms with E-state index in [0.29, 0.717) is 10.5 Å². The van der Waals surface area contributed by atoms with Crippen LogP contribution in [0.4, 0.5) is 0 Å². The summed E-state index contributed by atoms with van der Waals surface area (Å²) >= 11 is 5.86. The normalized spacial score (nSPS) is 10.6. The topological polar surface area (TPSA) is 79.5 Å². The molecule has 2 N–H and O–H groups in total. The second-order valence-electron chi connectivity index (χ2n) is 3.89. The van der Waals surface area contributed by atoms with Gasteiger partial charge in [0.1, 0.15) is 5.75 Å². The Bertz CT molecular complexity index is 748. The molecule has 2 aromatic rings. The molecule has 0 aliphatic carbocycles. The standard InChI is InChI=1S/C13H10ClNO4/c1-2-5-15-9-6-7(14)3-4-8(9)11(16)10(12(15)17)13(18)19/h2-4,6,16H,1,5H2,(H,18,19). The van der Waals surface area contributed by atoms with Gasteiger partial charge in [-0.3, -0.25) is 4.79 Å². The average Bonchev–Trinajstić information content (AvgIpc) is 2.34. The van der Waals surface area contributed by atoms with Crippen molar-refractivity contribution in [3.8, 4) is 5.75 Å². The predicted molar refractivity (Wildman–Crippen MR) is 72.0 cm³/mol. The molecule has 0 aliphatic rings. The maximum absolute atomic E-state index is 12.1. The number of benzene rings is 1. The summed E-state index contributed by atoms with van der Waals surface area (Å²) in [6.45, 7) is 3.64. The number of fused-ring (bicyclic) bond motifs is 1. The minimum absolute atomic E-state index is 0.121. The second kappa shape index (κ2) is 4.78. The Morgan fingerprint density at radius 1 is 1.47 bits per heavy atom. The van der Waals surface area contributed by atoms with Crippen molar-refractivity contribution >= 4 is 28.5 Å². The lowest BCUT2D eigenvalue weighted by Crippen LogP contribution is -2.26. The van der Waals surface area contributed by atoms with Crippen LogP contribution in [0.5, 0.6) is 5.75 Å². The largest absolute Gasteiger partial charge is 0.506 e. The van der Waals surface area contributed by atoms with Crippen molar-refractivity contribution in [2.45, 2.75) is 6.54 Å². The van der Waals surface area contributed by atoms with Crippen LogP contribution in [-0.2, 0) is 6.54 Å². The molecule has 0 radical (unpaired) electrons. The molecule has 2 rings (SSSR count). The number of carbonyl (C=O) groups is 1. The maximum Gasteiger partial charge on any atom is 0.345 e. The smallest absolute Gasteiger partial charge is 0.345 e. The van der Waals surface area contributed by atoms with Gasteiger partial charge in [0.05, 0.1) is 5.52 Å². The third-order valence-electron chi connectivity index (χ3n) is 2.73. The molecule has 98 valence electrons. The number of aromatic carboxylic acids is 1. The van der Waals surface area contributed by atoms with E-state index in [1.165, 1.54) is 28.8 Å². The summed E-state index contributed by atoms with van der Waals surface area (Å²) in [5, 5.41) is 19.6. The Balaban J connectivity index is 3.03. The predicted octanol–water partition coefficient (Wildman–Crippen LogP) is 2.24. The molecule has 0 amide bonds. The van der Waals surface area contributed by atoms with E-state index in [9.17, 15) is 14.7 Å². The fourth-order valence-corrected chi connectivity index (χ4v) is 2.08. The summed E-state index contributed by atoms with van der Waals surface area (Å²) in [5.74, 6) is -2.03. The zero-order valence-corrected chi connectivity index (χ0v) is 10.5. The summed E-state index contributed by atoms with van der Waals surface area (Å²) < 4.78 is 1.21. The molecule has 1 aromatic heterocycles. The van der Waals surface area contributed by atoms with E-state index in [1.807, 2.05) is 0 Å². The van der Waals surface area contributed by atoms with Gasteiger partial charge in [-0.25, -0.2) is 4.79 Å². The van der Waals surface area contributed by atoms with E-state index in [2.05, 4.69) is 6.58 Å². The van der Waals surface area contributed by atoms with Crippen LogP contribution in [0.25, 0.3) is 10.9 Å². The van der Waals surface area contributed by atoms with Crippen LogP contribution in [0.1, 0.15) is 10.4 Å². The van der Waals surface area contributed by atoms with Gasteiger partial charge in [0.2, 0.25) is 0 Å². The third kappa shape index (κ3) is 2.08. The highest BCUT2D eigenvalue weighted by molar-refractivity contribution is 6.31. The first kappa shape index (κ1) is 13.2. The van der Waals surface area contributed by atoms with E-state index in [-0.39, 0.29) is 11.9 Å². The van der Waals surface area contributed by atoms with Crippen LogP contribution in [0, 0.1) is 0 Å². The van der Waals surface area contributed by atoms with Gasteiger partial charge in [-0.1, -0.05) is 17.7 Å². The molecule has 0 bridgehead atoms. The van der Waals surface area contributed by atoms with Gasteiger partial charge < -0.3 is 14.8 Å². The molecule has 0 saturated heterocycles. The number of aromatic nitrogens is 1. The van der Waals surface area contributed by atoms with Gasteiger partial charge in [0.25, 0.3) is 5.56 Å². The molecule has 1 heterocycles. The summed E-state index contributed by atoms with van der Waals surface area (Å²) in [5.41, 5.74) is -1.09. The lowest BCUT2D eigenvalue weighted by molar-refractivity contribution is 0.0691. The third-order valence-corrected chi connectivity index (χ3v) is 2.96. The zero-order chi connectivity index (χ0) is 14.2. The summed E-state index contributed by atoms with van der Waals surface area (Å²) in [6.07, 6.45) is 1.46. The van der Waals surface area contributed by atoms with Gasteiger partial charge in [0.15, 0.2) is 5.56 Å². The van der Waals surface area contributed by atoms with Crippen molar-refractivity contribution in [1.29, 1.82) is 0 Å². The number of pyridine rings is 1. The fraction of sp³-hybridized carbons (Fsp3) is 0.0769. The Labute approximate surface area is 113 Å². The molecule has 5 nitrogen and oxygen atoms in total. The number of hydrogen-bond acceptors (Lipinski definition) is 3. The number of halogens is 1. The van der Waals surface area contributed by atoms with E-state index < -0.39 is 22.8 Å². The van der Waals surface area contributed by atoms with Gasteiger partial charge in [-0.05, 0) is 18.2 Å². The highest BCUT2D eigenvalue weighted by atomic mass is 35.5. The highest BCUT2D eigenvalue weighted by Crippen LogP contribution is 2.28. The van der Waals surface area contributed by atoms with Crippen LogP contribution in [0.3, 0.4) is 0 Å². The van der Waals surface area contributed by atoms with Crippen LogP contribution in [0.2, 0.25) is 5.02 Å². The number of rotatable bonds is 3. The molecule has 0 fully saturated rings. The Morgan fingerprint density at radius 2 is 2.16 bits per heavy atom. The number of aromatic hydroxyl groups is 1. The molecular weight excluding hydrogens is 270 g/mol. The number of allylic oxidation sites excluding steroid dienone is 1. The first-order chi connectivity index (χ1) is 8.97. The van der Waals surface area contributed by atoms with Crippen LogP contribution >= 0.6 is 11.6 Å². The summed E-state index contributed by atoms with van der Waals surface area (Å²) in [6, 6.07) is 4.48. The highest BCUT2D eigenvalue weighted by Gasteiger charge is 2.21. The first-order valence-electron chi connectivity index (χ1n) is 5.36. The lowest BCUT2D eigenvalue weighted by atomic mass is 10.1. The number of carboxylic acid groups (broad SMARTS) is 1. The summed E-state index contributed by atoms with van der Waals surface area (Å²) in [4.78, 5) is 23.2. The summed E-state index contributed by atoms with van der Waals surface area (Å²) in [7, 11) is 0. The second-order valence-corrected chi connectivity index (χ2v) is 4.33. The monoisotopic (exact) mass is 279 g/mol. The number of nitrogens with zero attached hydrogens (tertiary/aromatic N) is 1. The van der Waals surface area contributed by atoms with Crippen molar-refractivity contribution in [3.63, 3.8) is 0 Å². The fourth-order valence-electron chi connectivity index (χ4n) is 1.91. The molecule has 0 aliphatic heterocycles. The Kier molecular flexibility index (Phi) is 3.31. The molecule has 0 atom stereocenters. The van der Waals surface area contributed by atoms with Crippen molar-refractivity contribution < 1.29 is 15.0 Å². The molecule has 0 unspecified atom stereocenters. The molecule has 19 heavy (non-hydrogen) atoms. The average molecular weight is 280 g/mol. The van der Waals surface area contributed by atoms with Gasteiger partial charge in [0, 0.05) is 17.0 Å².